The third kappa shape index (κ3) is 4.07. The summed E-state index contributed by atoms with van der Waals surface area (Å²) in [6, 6.07) is 12.4. The zero-order chi connectivity index (χ0) is 23.0. The highest BCUT2D eigenvalue weighted by atomic mass is 32.2. The fourth-order valence-corrected chi connectivity index (χ4v) is 4.29. The number of carbonyl (C=O) groups excluding carboxylic acids is 3. The van der Waals surface area contributed by atoms with Gasteiger partial charge in [0.05, 0.1) is 23.1 Å². The Hall–Kier alpha value is -3.70. The number of amides is 4. The summed E-state index contributed by atoms with van der Waals surface area (Å²) in [4.78, 5) is 41.3. The van der Waals surface area contributed by atoms with E-state index in [2.05, 4.69) is 10.6 Å². The average molecular weight is 455 g/mol. The van der Waals surface area contributed by atoms with Crippen molar-refractivity contribution in [3.05, 3.63) is 71.9 Å². The maximum absolute atomic E-state index is 13.1. The number of nitrogens with two attached hydrogens (primary N) is 1. The van der Waals surface area contributed by atoms with Crippen molar-refractivity contribution in [2.24, 2.45) is 5.14 Å². The van der Waals surface area contributed by atoms with Gasteiger partial charge in [-0.05, 0) is 29.8 Å². The number of benzene rings is 2. The van der Waals surface area contributed by atoms with E-state index in [0.717, 1.165) is 10.5 Å². The first-order valence-corrected chi connectivity index (χ1v) is 11.2. The van der Waals surface area contributed by atoms with Crippen LogP contribution >= 0.6 is 0 Å². The minimum atomic E-state index is -3.85. The van der Waals surface area contributed by atoms with E-state index in [-0.39, 0.29) is 17.0 Å². The van der Waals surface area contributed by atoms with E-state index in [9.17, 15) is 22.8 Å². The predicted octanol–water partition coefficient (Wildman–Crippen LogP) is 0.591. The number of rotatable bonds is 5. The van der Waals surface area contributed by atoms with Crippen LogP contribution in [0.15, 0.2) is 71.3 Å². The molecule has 0 saturated carbocycles. The lowest BCUT2D eigenvalue weighted by Crippen LogP contribution is -2.64. The van der Waals surface area contributed by atoms with Crippen LogP contribution in [0.25, 0.3) is 0 Å². The van der Waals surface area contributed by atoms with Crippen LogP contribution in [0, 0.1) is 0 Å². The van der Waals surface area contributed by atoms with Crippen molar-refractivity contribution >= 4 is 33.6 Å². The first-order valence-electron chi connectivity index (χ1n) is 9.69. The number of hydrogen-bond acceptors (Lipinski definition) is 6. The molecule has 2 heterocycles. The second kappa shape index (κ2) is 8.09. The number of sulfonamides is 1. The summed E-state index contributed by atoms with van der Waals surface area (Å²) in [7, 11) is -2.19. The van der Waals surface area contributed by atoms with E-state index in [1.807, 2.05) is 30.3 Å². The van der Waals surface area contributed by atoms with Gasteiger partial charge in [0.2, 0.25) is 10.0 Å². The van der Waals surface area contributed by atoms with E-state index < -0.39 is 40.0 Å². The topological polar surface area (TPSA) is 142 Å². The Morgan fingerprint density at radius 1 is 1.09 bits per heavy atom. The highest BCUT2D eigenvalue weighted by Crippen LogP contribution is 2.28. The number of nitrogens with zero attached hydrogens (tertiary/aromatic N) is 2. The molecule has 166 valence electrons. The van der Waals surface area contributed by atoms with Gasteiger partial charge in [0.15, 0.2) is 0 Å². The van der Waals surface area contributed by atoms with Crippen molar-refractivity contribution < 1.29 is 22.8 Å². The van der Waals surface area contributed by atoms with Gasteiger partial charge in [-0.3, -0.25) is 14.5 Å². The van der Waals surface area contributed by atoms with Crippen LogP contribution < -0.4 is 15.8 Å². The van der Waals surface area contributed by atoms with Gasteiger partial charge in [-0.25, -0.2) is 18.4 Å². The van der Waals surface area contributed by atoms with Crippen molar-refractivity contribution in [3.8, 4) is 0 Å². The Morgan fingerprint density at radius 3 is 2.38 bits per heavy atom. The highest BCUT2D eigenvalue weighted by Gasteiger charge is 2.49. The molecule has 4 N–H and O–H groups in total. The van der Waals surface area contributed by atoms with Gasteiger partial charge < -0.3 is 15.5 Å². The maximum atomic E-state index is 13.1. The minimum absolute atomic E-state index is 0.0842. The Labute approximate surface area is 184 Å². The molecular weight excluding hydrogens is 434 g/mol. The van der Waals surface area contributed by atoms with Crippen LogP contribution in [-0.2, 0) is 26.2 Å². The third-order valence-corrected chi connectivity index (χ3v) is 6.29. The van der Waals surface area contributed by atoms with E-state index in [0.29, 0.717) is 5.69 Å². The molecule has 0 aliphatic carbocycles. The molecule has 0 bridgehead atoms. The lowest BCUT2D eigenvalue weighted by Gasteiger charge is -2.37. The number of anilines is 1. The van der Waals surface area contributed by atoms with Crippen LogP contribution in [0.5, 0.6) is 0 Å². The summed E-state index contributed by atoms with van der Waals surface area (Å²) in [5.74, 6) is -0.918. The lowest BCUT2D eigenvalue weighted by molar-refractivity contribution is -0.134. The molecule has 2 aromatic rings. The van der Waals surface area contributed by atoms with Gasteiger partial charge in [0.25, 0.3) is 11.8 Å². The van der Waals surface area contributed by atoms with Crippen LogP contribution in [0.1, 0.15) is 5.56 Å². The fourth-order valence-electron chi connectivity index (χ4n) is 3.78. The van der Waals surface area contributed by atoms with Gasteiger partial charge in [-0.2, -0.15) is 0 Å². The van der Waals surface area contributed by atoms with Crippen LogP contribution in [0.3, 0.4) is 0 Å². The number of nitrogens with one attached hydrogen (secondary N) is 2. The molecule has 1 saturated heterocycles. The molecular formula is C21H21N5O5S. The standard InChI is InChI=1S/C21H21N5O5S/c1-25-12-16(19(27)23-14-7-9-15(10-8-14)32(22,30)31)17-18(25)20(28)26(21(29)24-17)11-13-5-3-2-4-6-13/h2-10,12,17-18H,11H2,1H3,(H,23,27)(H,24,29)(H2,22,30,31). The molecule has 4 rings (SSSR count). The number of fused-ring (bicyclic) bond motifs is 1. The van der Waals surface area contributed by atoms with Crippen molar-refractivity contribution in [2.45, 2.75) is 23.5 Å². The second-order valence-corrected chi connectivity index (χ2v) is 9.12. The first kappa shape index (κ1) is 21.5. The van der Waals surface area contributed by atoms with Gasteiger partial charge in [-0.1, -0.05) is 30.3 Å². The van der Waals surface area contributed by atoms with Crippen LogP contribution in [0.4, 0.5) is 10.5 Å². The molecule has 11 heteroatoms. The normalized spacial score (nSPS) is 20.5. The Balaban J connectivity index is 1.49. The Morgan fingerprint density at radius 2 is 1.75 bits per heavy atom. The molecule has 10 nitrogen and oxygen atoms in total. The zero-order valence-electron chi connectivity index (χ0n) is 17.1. The largest absolute Gasteiger partial charge is 0.366 e. The molecule has 0 spiro atoms. The molecule has 1 fully saturated rings. The zero-order valence-corrected chi connectivity index (χ0v) is 17.9. The van der Waals surface area contributed by atoms with Gasteiger partial charge >= 0.3 is 6.03 Å². The molecule has 2 unspecified atom stereocenters. The average Bonchev–Trinajstić information content (AvgIpc) is 3.08. The molecule has 0 aromatic heterocycles. The molecule has 4 amide bonds. The summed E-state index contributed by atoms with van der Waals surface area (Å²) >= 11 is 0. The van der Waals surface area contributed by atoms with Crippen molar-refractivity contribution in [1.29, 1.82) is 0 Å². The number of imide groups is 1. The predicted molar refractivity (Wildman–Crippen MR) is 115 cm³/mol. The fraction of sp³-hybridized carbons (Fsp3) is 0.190. The summed E-state index contributed by atoms with van der Waals surface area (Å²) in [5.41, 5.74) is 1.37. The highest BCUT2D eigenvalue weighted by molar-refractivity contribution is 7.89. The van der Waals surface area contributed by atoms with Gasteiger partial charge in [-0.15, -0.1) is 0 Å². The summed E-state index contributed by atoms with van der Waals surface area (Å²) in [6.45, 7) is 0.125. The summed E-state index contributed by atoms with van der Waals surface area (Å²) in [6.07, 6.45) is 1.52. The minimum Gasteiger partial charge on any atom is -0.366 e. The van der Waals surface area contributed by atoms with Crippen molar-refractivity contribution in [2.75, 3.05) is 12.4 Å². The lowest BCUT2D eigenvalue weighted by atomic mass is 9.99. The maximum Gasteiger partial charge on any atom is 0.325 e. The number of hydrogen-bond donors (Lipinski definition) is 3. The Bertz CT molecular complexity index is 1210. The van der Waals surface area contributed by atoms with Crippen molar-refractivity contribution in [1.82, 2.24) is 15.1 Å². The van der Waals surface area contributed by atoms with E-state index >= 15 is 0 Å². The van der Waals surface area contributed by atoms with E-state index in [4.69, 9.17) is 5.14 Å². The van der Waals surface area contributed by atoms with Gasteiger partial charge in [0, 0.05) is 18.9 Å². The van der Waals surface area contributed by atoms with E-state index in [1.54, 1.807) is 11.9 Å². The van der Waals surface area contributed by atoms with Gasteiger partial charge in [0.1, 0.15) is 6.04 Å². The molecule has 2 aliphatic rings. The number of likely N-dealkylation sites (N-methyl/N-ethyl adjacent to an activating group) is 1. The molecule has 0 radical (unpaired) electrons. The third-order valence-electron chi connectivity index (χ3n) is 5.36. The first-order chi connectivity index (χ1) is 15.1. The summed E-state index contributed by atoms with van der Waals surface area (Å²) in [5, 5.41) is 10.5. The monoisotopic (exact) mass is 455 g/mol. The second-order valence-electron chi connectivity index (χ2n) is 7.56. The molecule has 2 atom stereocenters. The quantitative estimate of drug-likeness (QED) is 0.602. The van der Waals surface area contributed by atoms with E-state index in [1.165, 1.54) is 30.5 Å². The molecule has 2 aliphatic heterocycles. The SMILES string of the molecule is CN1C=C(C(=O)Nc2ccc(S(N)(=O)=O)cc2)C2NC(=O)N(Cc3ccccc3)C(=O)C21. The number of urea groups is 1. The van der Waals surface area contributed by atoms with Crippen LogP contribution in [0.2, 0.25) is 0 Å². The number of primary sulfonamides is 1. The smallest absolute Gasteiger partial charge is 0.325 e. The molecule has 32 heavy (non-hydrogen) atoms. The summed E-state index contributed by atoms with van der Waals surface area (Å²) < 4.78 is 22.7. The van der Waals surface area contributed by atoms with Crippen LogP contribution in [-0.4, -0.2) is 55.2 Å². The Kier molecular flexibility index (Phi) is 5.45. The molecule has 2 aromatic carbocycles. The number of carbonyl (C=O) groups is 3. The van der Waals surface area contributed by atoms with Crippen molar-refractivity contribution in [3.63, 3.8) is 0 Å².